The molecule has 0 atom stereocenters. The van der Waals surface area contributed by atoms with E-state index in [2.05, 4.69) is 20.6 Å². The maximum absolute atomic E-state index is 13.8. The van der Waals surface area contributed by atoms with Crippen LogP contribution in [0.15, 0.2) is 24.5 Å². The lowest BCUT2D eigenvalue weighted by Crippen LogP contribution is -2.08. The lowest BCUT2D eigenvalue weighted by atomic mass is 10.1. The van der Waals surface area contributed by atoms with Crippen LogP contribution in [0.5, 0.6) is 0 Å². The number of halogens is 2. The molecule has 1 heterocycles. The highest BCUT2D eigenvalue weighted by Gasteiger charge is 2.13. The van der Waals surface area contributed by atoms with Crippen LogP contribution in [-0.4, -0.2) is 16.5 Å². The van der Waals surface area contributed by atoms with Crippen molar-refractivity contribution in [2.45, 2.75) is 26.7 Å². The summed E-state index contributed by atoms with van der Waals surface area (Å²) in [5, 5.41) is 6.01. The van der Waals surface area contributed by atoms with E-state index in [-0.39, 0.29) is 5.69 Å². The molecule has 0 spiro atoms. The van der Waals surface area contributed by atoms with Gasteiger partial charge in [0.15, 0.2) is 11.6 Å². The van der Waals surface area contributed by atoms with Gasteiger partial charge in [-0.3, -0.25) is 0 Å². The smallest absolute Gasteiger partial charge is 0.182 e. The van der Waals surface area contributed by atoms with Gasteiger partial charge in [-0.25, -0.2) is 18.7 Å². The molecule has 1 aromatic heterocycles. The predicted octanol–water partition coefficient (Wildman–Crippen LogP) is 3.88. The summed E-state index contributed by atoms with van der Waals surface area (Å²) in [6.07, 6.45) is 3.03. The van der Waals surface area contributed by atoms with Gasteiger partial charge in [0.1, 0.15) is 18.0 Å². The van der Waals surface area contributed by atoms with E-state index in [0.29, 0.717) is 11.6 Å². The summed E-state index contributed by atoms with van der Waals surface area (Å²) < 4.78 is 27.0. The van der Waals surface area contributed by atoms with Gasteiger partial charge in [0.2, 0.25) is 0 Å². The van der Waals surface area contributed by atoms with E-state index in [9.17, 15) is 8.78 Å². The van der Waals surface area contributed by atoms with Crippen LogP contribution in [0.1, 0.15) is 25.8 Å². The maximum Gasteiger partial charge on any atom is 0.182 e. The third kappa shape index (κ3) is 3.45. The standard InChI is InChI=1S/C15H18F2N4/c1-3-6-10-14(18-4-2)19-9-20-15(10)21-12-8-5-7-11(16)13(12)17/h5,7-9H,3-4,6H2,1-2H3,(H2,18,19,20,21). The Balaban J connectivity index is 2.38. The first kappa shape index (κ1) is 15.2. The van der Waals surface area contributed by atoms with E-state index in [1.807, 2.05) is 13.8 Å². The average molecular weight is 292 g/mol. The first-order valence-electron chi connectivity index (χ1n) is 6.96. The Kier molecular flexibility index (Phi) is 5.03. The number of hydrogen-bond donors (Lipinski definition) is 2. The lowest BCUT2D eigenvalue weighted by Gasteiger charge is -2.15. The second kappa shape index (κ2) is 6.97. The summed E-state index contributed by atoms with van der Waals surface area (Å²) in [4.78, 5) is 8.35. The number of anilines is 3. The molecule has 0 fully saturated rings. The van der Waals surface area contributed by atoms with Crippen molar-refractivity contribution in [3.8, 4) is 0 Å². The summed E-state index contributed by atoms with van der Waals surface area (Å²) in [6.45, 7) is 4.73. The van der Waals surface area contributed by atoms with Crippen LogP contribution in [-0.2, 0) is 6.42 Å². The van der Waals surface area contributed by atoms with Crippen molar-refractivity contribution in [2.75, 3.05) is 17.2 Å². The van der Waals surface area contributed by atoms with Crippen molar-refractivity contribution >= 4 is 17.3 Å². The predicted molar refractivity (Wildman–Crippen MR) is 79.8 cm³/mol. The number of nitrogens with zero attached hydrogens (tertiary/aromatic N) is 2. The average Bonchev–Trinajstić information content (AvgIpc) is 2.47. The van der Waals surface area contributed by atoms with Crippen molar-refractivity contribution < 1.29 is 8.78 Å². The fourth-order valence-corrected chi connectivity index (χ4v) is 2.05. The Bertz CT molecular complexity index is 617. The molecule has 0 bridgehead atoms. The number of rotatable bonds is 6. The molecule has 0 saturated heterocycles. The minimum absolute atomic E-state index is 0.0634. The van der Waals surface area contributed by atoms with Crippen molar-refractivity contribution in [2.24, 2.45) is 0 Å². The summed E-state index contributed by atoms with van der Waals surface area (Å²) in [5.74, 6) is -0.595. The van der Waals surface area contributed by atoms with E-state index in [4.69, 9.17) is 0 Å². The van der Waals surface area contributed by atoms with Gasteiger partial charge in [-0.1, -0.05) is 19.4 Å². The van der Waals surface area contributed by atoms with Crippen LogP contribution >= 0.6 is 0 Å². The Morgan fingerprint density at radius 3 is 2.57 bits per heavy atom. The van der Waals surface area contributed by atoms with Gasteiger partial charge in [-0.15, -0.1) is 0 Å². The molecule has 0 aliphatic rings. The van der Waals surface area contributed by atoms with Gasteiger partial charge in [0.05, 0.1) is 5.69 Å². The summed E-state index contributed by atoms with van der Waals surface area (Å²) in [6, 6.07) is 4.01. The van der Waals surface area contributed by atoms with Gasteiger partial charge in [-0.2, -0.15) is 0 Å². The molecular weight excluding hydrogens is 274 g/mol. The highest BCUT2D eigenvalue weighted by Crippen LogP contribution is 2.26. The third-order valence-electron chi connectivity index (χ3n) is 2.99. The number of benzene rings is 1. The normalized spacial score (nSPS) is 10.5. The Morgan fingerprint density at radius 2 is 1.86 bits per heavy atom. The van der Waals surface area contributed by atoms with Crippen LogP contribution in [0.4, 0.5) is 26.1 Å². The molecule has 0 amide bonds. The highest BCUT2D eigenvalue weighted by molar-refractivity contribution is 5.65. The second-order valence-corrected chi connectivity index (χ2v) is 4.56. The molecule has 112 valence electrons. The topological polar surface area (TPSA) is 49.8 Å². The van der Waals surface area contributed by atoms with Gasteiger partial charge in [-0.05, 0) is 25.5 Å². The van der Waals surface area contributed by atoms with Crippen molar-refractivity contribution in [3.05, 3.63) is 41.7 Å². The molecule has 1 aromatic carbocycles. The Labute approximate surface area is 122 Å². The zero-order chi connectivity index (χ0) is 15.2. The number of aromatic nitrogens is 2. The van der Waals surface area contributed by atoms with Crippen molar-refractivity contribution in [1.82, 2.24) is 9.97 Å². The monoisotopic (exact) mass is 292 g/mol. The molecular formula is C15H18F2N4. The molecule has 21 heavy (non-hydrogen) atoms. The molecule has 4 nitrogen and oxygen atoms in total. The van der Waals surface area contributed by atoms with Crippen LogP contribution in [0.3, 0.4) is 0 Å². The molecule has 0 radical (unpaired) electrons. The molecule has 0 aliphatic carbocycles. The molecule has 0 aliphatic heterocycles. The van der Waals surface area contributed by atoms with E-state index in [1.54, 1.807) is 0 Å². The molecule has 0 saturated carbocycles. The zero-order valence-corrected chi connectivity index (χ0v) is 12.1. The molecule has 6 heteroatoms. The Hall–Kier alpha value is -2.24. The van der Waals surface area contributed by atoms with Gasteiger partial charge >= 0.3 is 0 Å². The molecule has 2 N–H and O–H groups in total. The summed E-state index contributed by atoms with van der Waals surface area (Å²) >= 11 is 0. The van der Waals surface area contributed by atoms with Crippen molar-refractivity contribution in [3.63, 3.8) is 0 Å². The van der Waals surface area contributed by atoms with Crippen LogP contribution in [0.2, 0.25) is 0 Å². The van der Waals surface area contributed by atoms with Gasteiger partial charge in [0, 0.05) is 12.1 Å². The number of hydrogen-bond acceptors (Lipinski definition) is 4. The van der Waals surface area contributed by atoms with Gasteiger partial charge < -0.3 is 10.6 Å². The minimum atomic E-state index is -0.913. The quantitative estimate of drug-likeness (QED) is 0.848. The SMILES string of the molecule is CCCc1c(NCC)ncnc1Nc1cccc(F)c1F. The maximum atomic E-state index is 13.8. The summed E-state index contributed by atoms with van der Waals surface area (Å²) in [5.41, 5.74) is 0.930. The molecule has 2 aromatic rings. The lowest BCUT2D eigenvalue weighted by molar-refractivity contribution is 0.511. The fourth-order valence-electron chi connectivity index (χ4n) is 2.05. The number of nitrogens with one attached hydrogen (secondary N) is 2. The Morgan fingerprint density at radius 1 is 1.10 bits per heavy atom. The van der Waals surface area contributed by atoms with E-state index in [1.165, 1.54) is 18.5 Å². The van der Waals surface area contributed by atoms with E-state index < -0.39 is 11.6 Å². The first-order chi connectivity index (χ1) is 10.2. The highest BCUT2D eigenvalue weighted by atomic mass is 19.2. The second-order valence-electron chi connectivity index (χ2n) is 4.56. The minimum Gasteiger partial charge on any atom is -0.370 e. The van der Waals surface area contributed by atoms with Crippen LogP contribution in [0.25, 0.3) is 0 Å². The fraction of sp³-hybridized carbons (Fsp3) is 0.333. The molecule has 2 rings (SSSR count). The molecule has 0 unspecified atom stereocenters. The third-order valence-corrected chi connectivity index (χ3v) is 2.99. The van der Waals surface area contributed by atoms with Crippen LogP contribution < -0.4 is 10.6 Å². The first-order valence-corrected chi connectivity index (χ1v) is 6.96. The summed E-state index contributed by atoms with van der Waals surface area (Å²) in [7, 11) is 0. The van der Waals surface area contributed by atoms with E-state index in [0.717, 1.165) is 31.0 Å². The zero-order valence-electron chi connectivity index (χ0n) is 12.1. The van der Waals surface area contributed by atoms with Gasteiger partial charge in [0.25, 0.3) is 0 Å². The van der Waals surface area contributed by atoms with E-state index >= 15 is 0 Å². The largest absolute Gasteiger partial charge is 0.370 e. The van der Waals surface area contributed by atoms with Crippen molar-refractivity contribution in [1.29, 1.82) is 0 Å². The van der Waals surface area contributed by atoms with Crippen LogP contribution in [0, 0.1) is 11.6 Å².